The number of amides is 4. The SMILES string of the molecule is CC(C)(C)OC(=O)CN1C(=O)c2cc(Cl)c3c4c(Cl)cc5c6c(cc(Cl)c(c7c(Cl)cc(c2c37)C1=O)c64)C(=O)N(CC(=O)OC(C)(C)C)C5=O. The fraction of sp³-hybridized carbons (Fsp3) is 0.278. The lowest BCUT2D eigenvalue weighted by atomic mass is 9.82. The number of hydrogen-bond acceptors (Lipinski definition) is 8. The number of fused-ring (bicyclic) bond motifs is 2. The molecule has 4 amide bonds. The van der Waals surface area contributed by atoms with Gasteiger partial charge in [-0.25, -0.2) is 0 Å². The van der Waals surface area contributed by atoms with Crippen molar-refractivity contribution in [2.24, 2.45) is 0 Å². The van der Waals surface area contributed by atoms with E-state index in [4.69, 9.17) is 55.9 Å². The van der Waals surface area contributed by atoms with Crippen LogP contribution in [-0.4, -0.2) is 69.7 Å². The Bertz CT molecular complexity index is 2170. The topological polar surface area (TPSA) is 127 Å². The van der Waals surface area contributed by atoms with Crippen molar-refractivity contribution in [3.8, 4) is 0 Å². The lowest BCUT2D eigenvalue weighted by Crippen LogP contribution is -2.45. The van der Waals surface area contributed by atoms with Gasteiger partial charge in [-0.2, -0.15) is 0 Å². The van der Waals surface area contributed by atoms with Crippen LogP contribution in [0.2, 0.25) is 20.1 Å². The molecule has 50 heavy (non-hydrogen) atoms. The van der Waals surface area contributed by atoms with E-state index in [1.807, 2.05) is 0 Å². The second-order valence-corrected chi connectivity index (χ2v) is 15.8. The number of hydrogen-bond donors (Lipinski definition) is 0. The molecule has 14 heteroatoms. The van der Waals surface area contributed by atoms with Crippen molar-refractivity contribution >= 4 is 125 Å². The Balaban J connectivity index is 1.51. The van der Waals surface area contributed by atoms with Crippen molar-refractivity contribution in [1.82, 2.24) is 9.80 Å². The van der Waals surface area contributed by atoms with Crippen molar-refractivity contribution in [2.45, 2.75) is 52.7 Å². The summed E-state index contributed by atoms with van der Waals surface area (Å²) in [4.78, 5) is 82.5. The zero-order valence-electron chi connectivity index (χ0n) is 27.4. The van der Waals surface area contributed by atoms with Gasteiger partial charge in [0.1, 0.15) is 24.3 Å². The van der Waals surface area contributed by atoms with Gasteiger partial charge in [0.05, 0.1) is 22.3 Å². The van der Waals surface area contributed by atoms with E-state index in [9.17, 15) is 28.8 Å². The first-order valence-corrected chi connectivity index (χ1v) is 16.9. The summed E-state index contributed by atoms with van der Waals surface area (Å²) >= 11 is 27.9. The fourth-order valence-electron chi connectivity index (χ4n) is 6.85. The Morgan fingerprint density at radius 2 is 0.720 bits per heavy atom. The average Bonchev–Trinajstić information content (AvgIpc) is 2.98. The zero-order valence-corrected chi connectivity index (χ0v) is 30.4. The monoisotopic (exact) mass is 754 g/mol. The highest BCUT2D eigenvalue weighted by Gasteiger charge is 2.41. The van der Waals surface area contributed by atoms with Crippen LogP contribution in [0.25, 0.3) is 43.1 Å². The predicted molar refractivity (Wildman–Crippen MR) is 190 cm³/mol. The summed E-state index contributed by atoms with van der Waals surface area (Å²) in [6, 6.07) is 5.53. The molecule has 0 unspecified atom stereocenters. The third-order valence-corrected chi connectivity index (χ3v) is 9.63. The maximum absolute atomic E-state index is 13.9. The van der Waals surface area contributed by atoms with E-state index in [0.29, 0.717) is 32.3 Å². The van der Waals surface area contributed by atoms with Crippen molar-refractivity contribution < 1.29 is 38.2 Å². The van der Waals surface area contributed by atoms with Crippen LogP contribution in [-0.2, 0) is 19.1 Å². The van der Waals surface area contributed by atoms with Crippen molar-refractivity contribution in [1.29, 1.82) is 0 Å². The zero-order chi connectivity index (χ0) is 36.5. The molecule has 0 aliphatic carbocycles. The smallest absolute Gasteiger partial charge is 0.326 e. The van der Waals surface area contributed by atoms with Gasteiger partial charge in [0.25, 0.3) is 23.6 Å². The quantitative estimate of drug-likeness (QED) is 0.0777. The number of imide groups is 2. The van der Waals surface area contributed by atoms with Gasteiger partial charge >= 0.3 is 11.9 Å². The van der Waals surface area contributed by atoms with E-state index in [1.165, 1.54) is 24.3 Å². The number of esters is 2. The Morgan fingerprint density at radius 1 is 0.480 bits per heavy atom. The molecule has 0 bridgehead atoms. The van der Waals surface area contributed by atoms with Crippen LogP contribution >= 0.6 is 46.4 Å². The first kappa shape index (κ1) is 34.2. The van der Waals surface area contributed by atoms with E-state index in [-0.39, 0.29) is 53.1 Å². The molecule has 2 heterocycles. The minimum Gasteiger partial charge on any atom is -0.459 e. The number of rotatable bonds is 4. The molecule has 0 aromatic heterocycles. The molecule has 256 valence electrons. The summed E-state index contributed by atoms with van der Waals surface area (Å²) in [5.74, 6) is -4.67. The Hall–Kier alpha value is -4.22. The minimum atomic E-state index is -0.858. The lowest BCUT2D eigenvalue weighted by Gasteiger charge is -2.31. The van der Waals surface area contributed by atoms with Gasteiger partial charge in [-0.1, -0.05) is 46.4 Å². The summed E-state index contributed by atoms with van der Waals surface area (Å²) in [6.45, 7) is 8.69. The summed E-state index contributed by atoms with van der Waals surface area (Å²) < 4.78 is 10.7. The summed E-state index contributed by atoms with van der Waals surface area (Å²) in [5.41, 5.74) is -1.57. The largest absolute Gasteiger partial charge is 0.459 e. The first-order chi connectivity index (χ1) is 23.2. The van der Waals surface area contributed by atoms with Gasteiger partial charge in [0, 0.05) is 63.2 Å². The third-order valence-electron chi connectivity index (χ3n) is 8.43. The van der Waals surface area contributed by atoms with E-state index in [2.05, 4.69) is 0 Å². The minimum absolute atomic E-state index is 0.0364. The predicted octanol–water partition coefficient (Wildman–Crippen LogP) is 8.23. The molecule has 7 rings (SSSR count). The summed E-state index contributed by atoms with van der Waals surface area (Å²) in [6.07, 6.45) is 0. The molecule has 0 fully saturated rings. The molecule has 0 atom stereocenters. The number of halogens is 4. The molecule has 5 aromatic carbocycles. The molecular formula is C36H26Cl4N2O8. The molecule has 0 saturated heterocycles. The normalized spacial score (nSPS) is 15.0. The Morgan fingerprint density at radius 3 is 0.940 bits per heavy atom. The molecule has 0 saturated carbocycles. The van der Waals surface area contributed by atoms with Crippen LogP contribution in [0.1, 0.15) is 83.0 Å². The highest BCUT2D eigenvalue weighted by Crippen LogP contribution is 2.53. The molecule has 10 nitrogen and oxygen atoms in total. The Kier molecular flexibility index (Phi) is 7.63. The second-order valence-electron chi connectivity index (χ2n) is 14.2. The summed E-state index contributed by atoms with van der Waals surface area (Å²) in [7, 11) is 0. The van der Waals surface area contributed by atoms with Gasteiger partial charge in [-0.05, 0) is 65.8 Å². The average molecular weight is 756 g/mol. The number of carbonyl (C=O) groups is 6. The summed E-state index contributed by atoms with van der Waals surface area (Å²) in [5, 5.41) is 2.48. The van der Waals surface area contributed by atoms with Crippen LogP contribution in [0.5, 0.6) is 0 Å². The number of ether oxygens (including phenoxy) is 2. The third kappa shape index (κ3) is 5.06. The van der Waals surface area contributed by atoms with Crippen LogP contribution in [0.3, 0.4) is 0 Å². The van der Waals surface area contributed by atoms with Gasteiger partial charge in [-0.15, -0.1) is 0 Å². The molecule has 5 aromatic rings. The molecule has 0 spiro atoms. The molecular weight excluding hydrogens is 730 g/mol. The van der Waals surface area contributed by atoms with E-state index in [1.54, 1.807) is 41.5 Å². The van der Waals surface area contributed by atoms with E-state index >= 15 is 0 Å². The molecule has 0 radical (unpaired) electrons. The van der Waals surface area contributed by atoms with E-state index in [0.717, 1.165) is 9.80 Å². The maximum atomic E-state index is 13.9. The van der Waals surface area contributed by atoms with Crippen molar-refractivity contribution in [2.75, 3.05) is 13.1 Å². The van der Waals surface area contributed by atoms with Crippen LogP contribution in [0.4, 0.5) is 0 Å². The standard InChI is InChI=1S/C36H26Cl4N2O8/c1-35(2,3)49-21(43)11-41-31(45)13-7-17(37)25-27-19(39)9-15-24-16(34(48)42(33(15)47)12-22(44)50-36(4,5)6)10-20(40)28(30(24)27)26-18(38)8-14(32(41)46)23(13)29(25)26/h7-10H,11-12H2,1-6H3. The van der Waals surface area contributed by atoms with Crippen LogP contribution in [0.15, 0.2) is 24.3 Å². The molecule has 2 aliphatic rings. The highest BCUT2D eigenvalue weighted by molar-refractivity contribution is 6.56. The number of nitrogens with zero attached hydrogens (tertiary/aromatic N) is 2. The van der Waals surface area contributed by atoms with E-state index < -0.39 is 59.9 Å². The van der Waals surface area contributed by atoms with Crippen LogP contribution < -0.4 is 0 Å². The van der Waals surface area contributed by atoms with Crippen LogP contribution in [0, 0.1) is 0 Å². The van der Waals surface area contributed by atoms with Gasteiger partial charge in [-0.3, -0.25) is 38.6 Å². The van der Waals surface area contributed by atoms with Gasteiger partial charge < -0.3 is 9.47 Å². The number of carbonyl (C=O) groups excluding carboxylic acids is 6. The van der Waals surface area contributed by atoms with Gasteiger partial charge in [0.2, 0.25) is 0 Å². The van der Waals surface area contributed by atoms with Crippen molar-refractivity contribution in [3.63, 3.8) is 0 Å². The molecule has 0 N–H and O–H groups in total. The Labute approximate surface area is 304 Å². The fourth-order valence-corrected chi connectivity index (χ4v) is 8.04. The van der Waals surface area contributed by atoms with Gasteiger partial charge in [0.15, 0.2) is 0 Å². The van der Waals surface area contributed by atoms with Crippen molar-refractivity contribution in [3.05, 3.63) is 66.6 Å². The maximum Gasteiger partial charge on any atom is 0.326 e. The first-order valence-electron chi connectivity index (χ1n) is 15.3. The molecule has 2 aliphatic heterocycles. The highest BCUT2D eigenvalue weighted by atomic mass is 35.5. The second kappa shape index (κ2) is 11.1. The lowest BCUT2D eigenvalue weighted by molar-refractivity contribution is -0.156. The number of benzene rings is 5.